The summed E-state index contributed by atoms with van der Waals surface area (Å²) in [6.45, 7) is 0. The topological polar surface area (TPSA) is 45.0 Å². The van der Waals surface area contributed by atoms with Crippen LogP contribution in [0.4, 0.5) is 0 Å². The molecule has 1 aromatic carbocycles. The molecule has 1 aliphatic rings. The predicted molar refractivity (Wildman–Crippen MR) is 47.3 cm³/mol. The minimum atomic E-state index is -1.10. The average Bonchev–Trinajstić information content (AvgIpc) is 2.55. The minimum absolute atomic E-state index is 0.787. The van der Waals surface area contributed by atoms with Crippen molar-refractivity contribution in [2.75, 3.05) is 0 Å². The van der Waals surface area contributed by atoms with Gasteiger partial charge in [0.25, 0.3) is 0 Å². The van der Waals surface area contributed by atoms with Crippen molar-refractivity contribution in [3.8, 4) is 0 Å². The zero-order valence-corrected chi connectivity index (χ0v) is 6.38. The third-order valence-corrected chi connectivity index (χ3v) is 1.81. The van der Waals surface area contributed by atoms with Crippen LogP contribution in [0.3, 0.4) is 0 Å². The van der Waals surface area contributed by atoms with E-state index in [-0.39, 0.29) is 0 Å². The Kier molecular flexibility index (Phi) is 1.52. The van der Waals surface area contributed by atoms with E-state index in [1.165, 1.54) is 12.4 Å². The summed E-state index contributed by atoms with van der Waals surface area (Å²) in [7, 11) is 0. The molecule has 2 rings (SSSR count). The maximum Gasteiger partial charge on any atom is 0.164 e. The fraction of sp³-hybridized carbons (Fsp3) is 0.111. The maximum atomic E-state index is 9.86. The zero-order valence-electron chi connectivity index (χ0n) is 6.38. The molecule has 0 amide bonds. The Hall–Kier alpha value is -1.48. The van der Waals surface area contributed by atoms with Crippen molar-refractivity contribution < 1.29 is 5.11 Å². The van der Waals surface area contributed by atoms with Crippen LogP contribution >= 0.6 is 0 Å². The van der Waals surface area contributed by atoms with E-state index in [0.717, 1.165) is 5.56 Å². The lowest BCUT2D eigenvalue weighted by molar-refractivity contribution is 0.199. The van der Waals surface area contributed by atoms with Crippen molar-refractivity contribution in [2.45, 2.75) is 5.60 Å². The van der Waals surface area contributed by atoms with Crippen LogP contribution < -0.4 is 0 Å². The van der Waals surface area contributed by atoms with Crippen LogP contribution in [0, 0.1) is 0 Å². The molecule has 0 radical (unpaired) electrons. The van der Waals surface area contributed by atoms with Crippen LogP contribution in [0.25, 0.3) is 0 Å². The molecule has 1 aromatic rings. The Bertz CT molecular complexity index is 318. The molecular weight excluding hydrogens is 152 g/mol. The summed E-state index contributed by atoms with van der Waals surface area (Å²) >= 11 is 0. The molecule has 1 aliphatic heterocycles. The number of nitrogens with zero attached hydrogens (tertiary/aromatic N) is 2. The smallest absolute Gasteiger partial charge is 0.164 e. The van der Waals surface area contributed by atoms with Gasteiger partial charge in [0.2, 0.25) is 0 Å². The summed E-state index contributed by atoms with van der Waals surface area (Å²) in [5.41, 5.74) is -0.309. The fourth-order valence-electron chi connectivity index (χ4n) is 1.13. The molecule has 0 aliphatic carbocycles. The highest BCUT2D eigenvalue weighted by atomic mass is 16.3. The van der Waals surface area contributed by atoms with Gasteiger partial charge in [-0.25, -0.2) is 0 Å². The Morgan fingerprint density at radius 3 is 2.17 bits per heavy atom. The molecular formula is C9H8N2O. The van der Waals surface area contributed by atoms with Gasteiger partial charge in [0.05, 0.1) is 12.4 Å². The van der Waals surface area contributed by atoms with Crippen LogP contribution in [-0.2, 0) is 5.60 Å². The van der Waals surface area contributed by atoms with Gasteiger partial charge in [-0.3, -0.25) is 0 Å². The van der Waals surface area contributed by atoms with Gasteiger partial charge in [-0.05, 0) is 5.56 Å². The van der Waals surface area contributed by atoms with E-state index in [2.05, 4.69) is 10.2 Å². The Balaban J connectivity index is 2.43. The molecule has 12 heavy (non-hydrogen) atoms. The van der Waals surface area contributed by atoms with Gasteiger partial charge in [0, 0.05) is 0 Å². The van der Waals surface area contributed by atoms with Gasteiger partial charge in [-0.15, -0.1) is 0 Å². The highest BCUT2D eigenvalue weighted by Gasteiger charge is 2.27. The van der Waals surface area contributed by atoms with E-state index in [1.54, 1.807) is 0 Å². The third-order valence-electron chi connectivity index (χ3n) is 1.81. The van der Waals surface area contributed by atoms with E-state index in [0.29, 0.717) is 0 Å². The van der Waals surface area contributed by atoms with E-state index in [9.17, 15) is 5.11 Å². The molecule has 0 saturated heterocycles. The highest BCUT2D eigenvalue weighted by Crippen LogP contribution is 2.19. The average molecular weight is 160 g/mol. The molecule has 0 spiro atoms. The van der Waals surface area contributed by atoms with Crippen LogP contribution in [0.2, 0.25) is 0 Å². The second-order valence-electron chi connectivity index (χ2n) is 2.68. The molecule has 0 aromatic heterocycles. The van der Waals surface area contributed by atoms with Gasteiger partial charge in [-0.1, -0.05) is 30.3 Å². The lowest BCUT2D eigenvalue weighted by Crippen LogP contribution is -2.26. The van der Waals surface area contributed by atoms with Crippen LogP contribution in [0.15, 0.2) is 40.5 Å². The molecule has 0 saturated carbocycles. The summed E-state index contributed by atoms with van der Waals surface area (Å²) in [6, 6.07) is 9.31. The summed E-state index contributed by atoms with van der Waals surface area (Å²) in [4.78, 5) is 0. The van der Waals surface area contributed by atoms with Crippen molar-refractivity contribution in [1.29, 1.82) is 0 Å². The van der Waals surface area contributed by atoms with Crippen molar-refractivity contribution in [3.63, 3.8) is 0 Å². The number of hydrogen-bond donors (Lipinski definition) is 1. The zero-order chi connectivity index (χ0) is 8.44. The standard InChI is InChI=1S/C9H8N2O/c12-9(6-10-11-7-9)8-4-2-1-3-5-8/h1-7,12H. The Morgan fingerprint density at radius 1 is 1.00 bits per heavy atom. The third kappa shape index (κ3) is 1.04. The normalized spacial score (nSPS) is 18.4. The molecule has 1 heterocycles. The van der Waals surface area contributed by atoms with Gasteiger partial charge in [-0.2, -0.15) is 10.2 Å². The first-order chi connectivity index (χ1) is 5.81. The van der Waals surface area contributed by atoms with Gasteiger partial charge in [0.15, 0.2) is 5.60 Å². The largest absolute Gasteiger partial charge is 0.374 e. The maximum absolute atomic E-state index is 9.86. The molecule has 3 nitrogen and oxygen atoms in total. The van der Waals surface area contributed by atoms with Crippen molar-refractivity contribution in [2.24, 2.45) is 10.2 Å². The SMILES string of the molecule is OC1(c2ccccc2)C=NN=C1. The highest BCUT2D eigenvalue weighted by molar-refractivity contribution is 5.96. The van der Waals surface area contributed by atoms with E-state index in [4.69, 9.17) is 0 Å². The molecule has 0 unspecified atom stereocenters. The van der Waals surface area contributed by atoms with Crippen molar-refractivity contribution in [1.82, 2.24) is 0 Å². The van der Waals surface area contributed by atoms with Crippen molar-refractivity contribution >= 4 is 12.4 Å². The fourth-order valence-corrected chi connectivity index (χ4v) is 1.13. The molecule has 60 valence electrons. The predicted octanol–water partition coefficient (Wildman–Crippen LogP) is 0.944. The van der Waals surface area contributed by atoms with Crippen LogP contribution in [0.5, 0.6) is 0 Å². The molecule has 0 fully saturated rings. The number of hydrogen-bond acceptors (Lipinski definition) is 3. The van der Waals surface area contributed by atoms with E-state index >= 15 is 0 Å². The molecule has 0 bridgehead atoms. The summed E-state index contributed by atoms with van der Waals surface area (Å²) in [6.07, 6.45) is 2.84. The summed E-state index contributed by atoms with van der Waals surface area (Å²) < 4.78 is 0. The number of benzene rings is 1. The van der Waals surface area contributed by atoms with E-state index < -0.39 is 5.60 Å². The first-order valence-electron chi connectivity index (χ1n) is 3.68. The summed E-state index contributed by atoms with van der Waals surface area (Å²) in [5, 5.41) is 17.1. The van der Waals surface area contributed by atoms with Crippen LogP contribution in [0.1, 0.15) is 5.56 Å². The lowest BCUT2D eigenvalue weighted by atomic mass is 9.97. The Labute approximate surface area is 70.1 Å². The van der Waals surface area contributed by atoms with Crippen molar-refractivity contribution in [3.05, 3.63) is 35.9 Å². The first-order valence-corrected chi connectivity index (χ1v) is 3.68. The first kappa shape index (κ1) is 7.18. The number of aliphatic hydroxyl groups is 1. The van der Waals surface area contributed by atoms with Gasteiger partial charge in [0.1, 0.15) is 0 Å². The summed E-state index contributed by atoms with van der Waals surface area (Å²) in [5.74, 6) is 0. The quantitative estimate of drug-likeness (QED) is 0.653. The van der Waals surface area contributed by atoms with Crippen LogP contribution in [-0.4, -0.2) is 17.5 Å². The molecule has 1 N–H and O–H groups in total. The second kappa shape index (κ2) is 2.53. The van der Waals surface area contributed by atoms with Gasteiger partial charge < -0.3 is 5.11 Å². The van der Waals surface area contributed by atoms with Gasteiger partial charge >= 0.3 is 0 Å². The monoisotopic (exact) mass is 160 g/mol. The molecule has 3 heteroatoms. The van der Waals surface area contributed by atoms with E-state index in [1.807, 2.05) is 30.3 Å². The second-order valence-corrected chi connectivity index (χ2v) is 2.68. The lowest BCUT2D eigenvalue weighted by Gasteiger charge is -2.14. The molecule has 0 atom stereocenters. The Morgan fingerprint density at radius 2 is 1.58 bits per heavy atom. The number of rotatable bonds is 1. The minimum Gasteiger partial charge on any atom is -0.374 e.